The first-order chi connectivity index (χ1) is 12.7. The second-order valence-corrected chi connectivity index (χ2v) is 8.66. The number of amides is 2. The second-order valence-electron chi connectivity index (χ2n) is 6.89. The van der Waals surface area contributed by atoms with E-state index in [1.54, 1.807) is 0 Å². The van der Waals surface area contributed by atoms with Crippen molar-refractivity contribution in [3.05, 3.63) is 29.8 Å². The van der Waals surface area contributed by atoms with Crippen LogP contribution in [0.25, 0.3) is 0 Å². The summed E-state index contributed by atoms with van der Waals surface area (Å²) in [4.78, 5) is 25.5. The van der Waals surface area contributed by atoms with Gasteiger partial charge in [-0.1, -0.05) is 0 Å². The van der Waals surface area contributed by atoms with Crippen LogP contribution in [0.4, 0.5) is 0 Å². The highest BCUT2D eigenvalue weighted by Crippen LogP contribution is 2.14. The van der Waals surface area contributed by atoms with Crippen molar-refractivity contribution in [2.45, 2.75) is 43.7 Å². The zero-order valence-electron chi connectivity index (χ0n) is 15.9. The molecule has 2 N–H and O–H groups in total. The van der Waals surface area contributed by atoms with E-state index < -0.39 is 10.0 Å². The second kappa shape index (κ2) is 9.29. The quantitative estimate of drug-likeness (QED) is 0.673. The lowest BCUT2D eigenvalue weighted by Crippen LogP contribution is -2.40. The predicted molar refractivity (Wildman–Crippen MR) is 101 cm³/mol. The van der Waals surface area contributed by atoms with Gasteiger partial charge >= 0.3 is 0 Å². The molecule has 1 aliphatic heterocycles. The summed E-state index contributed by atoms with van der Waals surface area (Å²) in [6.45, 7) is 4.50. The number of likely N-dealkylation sites (N-methyl/N-ethyl adjacent to an activating group) is 1. The van der Waals surface area contributed by atoms with Gasteiger partial charge in [-0.2, -0.15) is 0 Å². The minimum absolute atomic E-state index is 0.00683. The number of benzene rings is 1. The third kappa shape index (κ3) is 6.30. The molecule has 0 spiro atoms. The molecule has 8 nitrogen and oxygen atoms in total. The molecule has 2 rings (SSSR count). The van der Waals surface area contributed by atoms with Crippen LogP contribution in [-0.4, -0.2) is 64.0 Å². The van der Waals surface area contributed by atoms with Crippen molar-refractivity contribution in [1.82, 2.24) is 14.9 Å². The van der Waals surface area contributed by atoms with Crippen LogP contribution in [0.15, 0.2) is 29.2 Å². The molecule has 27 heavy (non-hydrogen) atoms. The Kier molecular flexibility index (Phi) is 7.34. The van der Waals surface area contributed by atoms with E-state index in [0.717, 1.165) is 12.8 Å². The normalized spacial score (nSPS) is 17.1. The molecule has 1 fully saturated rings. The molecule has 0 bridgehead atoms. The van der Waals surface area contributed by atoms with Crippen molar-refractivity contribution in [3.63, 3.8) is 0 Å². The predicted octanol–water partition coefficient (Wildman–Crippen LogP) is 0.741. The number of sulfonamides is 1. The van der Waals surface area contributed by atoms with Gasteiger partial charge in [-0.3, -0.25) is 9.59 Å². The summed E-state index contributed by atoms with van der Waals surface area (Å²) >= 11 is 0. The average Bonchev–Trinajstić information content (AvgIpc) is 3.12. The van der Waals surface area contributed by atoms with Crippen LogP contribution < -0.4 is 10.0 Å². The lowest BCUT2D eigenvalue weighted by Gasteiger charge is -2.18. The van der Waals surface area contributed by atoms with E-state index in [0.29, 0.717) is 12.2 Å². The highest BCUT2D eigenvalue weighted by molar-refractivity contribution is 7.89. The number of hydrogen-bond acceptors (Lipinski definition) is 5. The molecule has 0 unspecified atom stereocenters. The van der Waals surface area contributed by atoms with Crippen molar-refractivity contribution in [1.29, 1.82) is 0 Å². The van der Waals surface area contributed by atoms with Crippen molar-refractivity contribution in [3.8, 4) is 0 Å². The molecule has 1 aromatic carbocycles. The summed E-state index contributed by atoms with van der Waals surface area (Å²) in [5.74, 6) is -0.608. The zero-order chi connectivity index (χ0) is 20.0. The lowest BCUT2D eigenvalue weighted by molar-refractivity contribution is -0.122. The largest absolute Gasteiger partial charge is 0.377 e. The Morgan fingerprint density at radius 3 is 2.48 bits per heavy atom. The lowest BCUT2D eigenvalue weighted by atomic mass is 10.2. The SMILES string of the molecule is CC(C)NC(=O)CN(C)C(=O)c1ccc(S(=O)(=O)NC[C@@H]2CCCO2)cc1. The summed E-state index contributed by atoms with van der Waals surface area (Å²) < 4.78 is 32.6. The molecular formula is C18H27N3O5S. The number of nitrogens with zero attached hydrogens (tertiary/aromatic N) is 1. The minimum atomic E-state index is -3.66. The van der Waals surface area contributed by atoms with Crippen molar-refractivity contribution >= 4 is 21.8 Å². The van der Waals surface area contributed by atoms with E-state index in [4.69, 9.17) is 4.74 Å². The Morgan fingerprint density at radius 2 is 1.93 bits per heavy atom. The molecule has 150 valence electrons. The van der Waals surface area contributed by atoms with Gasteiger partial charge in [-0.15, -0.1) is 0 Å². The number of carbonyl (C=O) groups excluding carboxylic acids is 2. The molecule has 0 radical (unpaired) electrons. The molecule has 1 saturated heterocycles. The van der Waals surface area contributed by atoms with Gasteiger partial charge in [-0.25, -0.2) is 13.1 Å². The molecule has 1 aromatic rings. The fraction of sp³-hybridized carbons (Fsp3) is 0.556. The average molecular weight is 397 g/mol. The van der Waals surface area contributed by atoms with Crippen LogP contribution in [0.3, 0.4) is 0 Å². The van der Waals surface area contributed by atoms with Crippen molar-refractivity contribution < 1.29 is 22.7 Å². The fourth-order valence-corrected chi connectivity index (χ4v) is 3.81. The van der Waals surface area contributed by atoms with E-state index in [1.165, 1.54) is 36.2 Å². The van der Waals surface area contributed by atoms with Gasteiger partial charge in [0, 0.05) is 31.8 Å². The first kappa shape index (κ1) is 21.3. The summed E-state index contributed by atoms with van der Waals surface area (Å²) in [6, 6.07) is 5.65. The molecule has 0 aliphatic carbocycles. The van der Waals surface area contributed by atoms with Gasteiger partial charge in [0.25, 0.3) is 5.91 Å². The Balaban J connectivity index is 1.96. The van der Waals surface area contributed by atoms with Gasteiger partial charge in [0.05, 0.1) is 17.5 Å². The van der Waals surface area contributed by atoms with E-state index in [1.807, 2.05) is 13.8 Å². The highest BCUT2D eigenvalue weighted by Gasteiger charge is 2.21. The molecule has 1 aliphatic rings. The molecule has 2 amide bonds. The van der Waals surface area contributed by atoms with Crippen LogP contribution in [0, 0.1) is 0 Å². The summed E-state index contributed by atoms with van der Waals surface area (Å²) in [7, 11) is -2.14. The molecule has 9 heteroatoms. The third-order valence-corrected chi connectivity index (χ3v) is 5.55. The van der Waals surface area contributed by atoms with E-state index in [2.05, 4.69) is 10.0 Å². The standard InChI is InChI=1S/C18H27N3O5S/c1-13(2)20-17(22)12-21(3)18(23)14-6-8-16(9-7-14)27(24,25)19-11-15-5-4-10-26-15/h6-9,13,15,19H,4-5,10-12H2,1-3H3,(H,20,22)/t15-/m0/s1. The molecule has 0 saturated carbocycles. The Hall–Kier alpha value is -1.97. The Morgan fingerprint density at radius 1 is 1.26 bits per heavy atom. The summed E-state index contributed by atoms with van der Waals surface area (Å²) in [5, 5.41) is 2.72. The first-order valence-electron chi connectivity index (χ1n) is 8.95. The van der Waals surface area contributed by atoms with Gasteiger partial charge in [0.1, 0.15) is 0 Å². The molecule has 1 atom stereocenters. The van der Waals surface area contributed by atoms with Crippen LogP contribution in [0.2, 0.25) is 0 Å². The number of nitrogens with one attached hydrogen (secondary N) is 2. The first-order valence-corrected chi connectivity index (χ1v) is 10.4. The molecule has 1 heterocycles. The summed E-state index contributed by atoms with van der Waals surface area (Å²) in [5.41, 5.74) is 0.313. The van der Waals surface area contributed by atoms with E-state index in [-0.39, 0.29) is 41.9 Å². The smallest absolute Gasteiger partial charge is 0.254 e. The van der Waals surface area contributed by atoms with Crippen LogP contribution in [0.1, 0.15) is 37.0 Å². The minimum Gasteiger partial charge on any atom is -0.377 e. The maximum Gasteiger partial charge on any atom is 0.254 e. The monoisotopic (exact) mass is 397 g/mol. The maximum absolute atomic E-state index is 12.4. The maximum atomic E-state index is 12.4. The Labute approximate surface area is 160 Å². The Bertz CT molecular complexity index is 756. The van der Waals surface area contributed by atoms with Crippen molar-refractivity contribution in [2.75, 3.05) is 26.7 Å². The van der Waals surface area contributed by atoms with Gasteiger partial charge < -0.3 is 15.0 Å². The third-order valence-electron chi connectivity index (χ3n) is 4.11. The number of rotatable bonds is 8. The molecule has 0 aromatic heterocycles. The van der Waals surface area contributed by atoms with E-state index in [9.17, 15) is 18.0 Å². The van der Waals surface area contributed by atoms with E-state index >= 15 is 0 Å². The zero-order valence-corrected chi connectivity index (χ0v) is 16.7. The van der Waals surface area contributed by atoms with Crippen LogP contribution in [0.5, 0.6) is 0 Å². The number of carbonyl (C=O) groups is 2. The summed E-state index contributed by atoms with van der Waals surface area (Å²) in [6.07, 6.45) is 1.68. The van der Waals surface area contributed by atoms with Gasteiger partial charge in [0.15, 0.2) is 0 Å². The van der Waals surface area contributed by atoms with Crippen molar-refractivity contribution in [2.24, 2.45) is 0 Å². The molecular weight excluding hydrogens is 370 g/mol. The number of hydrogen-bond donors (Lipinski definition) is 2. The topological polar surface area (TPSA) is 105 Å². The number of ether oxygens (including phenoxy) is 1. The van der Waals surface area contributed by atoms with Gasteiger partial charge in [-0.05, 0) is 51.0 Å². The fourth-order valence-electron chi connectivity index (χ4n) is 2.74. The van der Waals surface area contributed by atoms with Gasteiger partial charge in [0.2, 0.25) is 15.9 Å². The van der Waals surface area contributed by atoms with Crippen LogP contribution in [-0.2, 0) is 19.6 Å². The highest BCUT2D eigenvalue weighted by atomic mass is 32.2. The van der Waals surface area contributed by atoms with Crippen LogP contribution >= 0.6 is 0 Å².